The second-order valence-corrected chi connectivity index (χ2v) is 6.16. The molecule has 114 valence electrons. The van der Waals surface area contributed by atoms with E-state index in [1.165, 1.54) is 0 Å². The van der Waals surface area contributed by atoms with Crippen molar-refractivity contribution < 1.29 is 22.3 Å². The molecule has 0 aliphatic heterocycles. The van der Waals surface area contributed by atoms with E-state index in [9.17, 15) is 17.2 Å². The molecule has 0 amide bonds. The lowest BCUT2D eigenvalue weighted by atomic mass is 10.3. The maximum absolute atomic E-state index is 13.8. The predicted octanol–water partition coefficient (Wildman–Crippen LogP) is 1.33. The van der Waals surface area contributed by atoms with Crippen LogP contribution in [0.3, 0.4) is 0 Å². The standard InChI is InChI=1S/C12H18F2N2O3S/c1-2-3-6-16(7-8-17)20(18,19)10-5-4-9(13)12(15)11(10)14/h4-5,17H,2-3,6-8,15H2,1H3. The van der Waals surface area contributed by atoms with E-state index in [1.54, 1.807) is 0 Å². The molecule has 0 unspecified atom stereocenters. The topological polar surface area (TPSA) is 83.6 Å². The number of aliphatic hydroxyl groups is 1. The van der Waals surface area contributed by atoms with Gasteiger partial charge in [-0.2, -0.15) is 4.31 Å². The average molecular weight is 308 g/mol. The number of nitrogens with zero attached hydrogens (tertiary/aromatic N) is 1. The van der Waals surface area contributed by atoms with Crippen molar-refractivity contribution in [1.29, 1.82) is 0 Å². The molecular weight excluding hydrogens is 290 g/mol. The minimum atomic E-state index is -4.15. The third kappa shape index (κ3) is 3.44. The first-order valence-electron chi connectivity index (χ1n) is 6.20. The van der Waals surface area contributed by atoms with Crippen molar-refractivity contribution in [2.75, 3.05) is 25.4 Å². The Bertz CT molecular complexity index is 564. The summed E-state index contributed by atoms with van der Waals surface area (Å²) in [4.78, 5) is -0.680. The van der Waals surface area contributed by atoms with Crippen LogP contribution in [-0.2, 0) is 10.0 Å². The number of hydrogen-bond acceptors (Lipinski definition) is 4. The Labute approximate surface area is 117 Å². The number of rotatable bonds is 7. The van der Waals surface area contributed by atoms with Crippen LogP contribution in [-0.4, -0.2) is 37.5 Å². The van der Waals surface area contributed by atoms with Crippen LogP contribution in [0.25, 0.3) is 0 Å². The third-order valence-corrected chi connectivity index (χ3v) is 4.74. The molecule has 5 nitrogen and oxygen atoms in total. The number of aliphatic hydroxyl groups excluding tert-OH is 1. The Kier molecular flexibility index (Phi) is 5.85. The monoisotopic (exact) mass is 308 g/mol. The normalized spacial score (nSPS) is 12.1. The van der Waals surface area contributed by atoms with Gasteiger partial charge in [0.2, 0.25) is 10.0 Å². The first-order chi connectivity index (χ1) is 9.36. The quantitative estimate of drug-likeness (QED) is 0.744. The van der Waals surface area contributed by atoms with Crippen LogP contribution in [0.15, 0.2) is 17.0 Å². The summed E-state index contributed by atoms with van der Waals surface area (Å²) in [5.74, 6) is -2.31. The average Bonchev–Trinajstić information content (AvgIpc) is 2.40. The zero-order chi connectivity index (χ0) is 15.3. The predicted molar refractivity (Wildman–Crippen MR) is 71.5 cm³/mol. The number of sulfonamides is 1. The maximum Gasteiger partial charge on any atom is 0.246 e. The van der Waals surface area contributed by atoms with Crippen molar-refractivity contribution in [3.63, 3.8) is 0 Å². The summed E-state index contributed by atoms with van der Waals surface area (Å²) in [6.07, 6.45) is 1.31. The molecule has 0 saturated carbocycles. The third-order valence-electron chi connectivity index (χ3n) is 2.82. The lowest BCUT2D eigenvalue weighted by Crippen LogP contribution is -2.35. The van der Waals surface area contributed by atoms with Gasteiger partial charge in [-0.1, -0.05) is 13.3 Å². The van der Waals surface area contributed by atoms with E-state index >= 15 is 0 Å². The summed E-state index contributed by atoms with van der Waals surface area (Å²) in [5, 5.41) is 8.93. The molecule has 0 spiro atoms. The van der Waals surface area contributed by atoms with Crippen LogP contribution >= 0.6 is 0 Å². The highest BCUT2D eigenvalue weighted by Crippen LogP contribution is 2.25. The van der Waals surface area contributed by atoms with E-state index in [-0.39, 0.29) is 19.7 Å². The van der Waals surface area contributed by atoms with Crippen molar-refractivity contribution in [2.24, 2.45) is 0 Å². The molecule has 20 heavy (non-hydrogen) atoms. The minimum Gasteiger partial charge on any atom is -0.395 e. The van der Waals surface area contributed by atoms with Crippen molar-refractivity contribution in [1.82, 2.24) is 4.31 Å². The van der Waals surface area contributed by atoms with Gasteiger partial charge in [-0.15, -0.1) is 0 Å². The Morgan fingerprint density at radius 1 is 1.30 bits per heavy atom. The molecule has 0 saturated heterocycles. The fourth-order valence-corrected chi connectivity index (χ4v) is 3.23. The van der Waals surface area contributed by atoms with Gasteiger partial charge in [0.25, 0.3) is 0 Å². The highest BCUT2D eigenvalue weighted by molar-refractivity contribution is 7.89. The highest BCUT2D eigenvalue weighted by Gasteiger charge is 2.28. The van der Waals surface area contributed by atoms with E-state index in [2.05, 4.69) is 0 Å². The number of benzene rings is 1. The molecule has 0 atom stereocenters. The molecule has 0 fully saturated rings. The molecule has 1 aromatic carbocycles. The van der Waals surface area contributed by atoms with Gasteiger partial charge >= 0.3 is 0 Å². The van der Waals surface area contributed by atoms with Crippen LogP contribution in [0.1, 0.15) is 19.8 Å². The van der Waals surface area contributed by atoms with E-state index in [1.807, 2.05) is 6.92 Å². The molecular formula is C12H18F2N2O3S. The number of anilines is 1. The first kappa shape index (κ1) is 16.8. The molecule has 1 rings (SSSR count). The van der Waals surface area contributed by atoms with E-state index < -0.39 is 32.2 Å². The minimum absolute atomic E-state index is 0.149. The molecule has 0 bridgehead atoms. The van der Waals surface area contributed by atoms with Crippen molar-refractivity contribution in [3.8, 4) is 0 Å². The molecule has 1 aromatic rings. The van der Waals surface area contributed by atoms with Gasteiger partial charge < -0.3 is 10.8 Å². The molecule has 3 N–H and O–H groups in total. The van der Waals surface area contributed by atoms with Gasteiger partial charge in [-0.05, 0) is 18.6 Å². The second-order valence-electron chi connectivity index (χ2n) is 4.25. The van der Waals surface area contributed by atoms with E-state index in [0.717, 1.165) is 22.9 Å². The van der Waals surface area contributed by atoms with Crippen molar-refractivity contribution in [2.45, 2.75) is 24.7 Å². The van der Waals surface area contributed by atoms with Crippen LogP contribution < -0.4 is 5.73 Å². The van der Waals surface area contributed by atoms with Gasteiger partial charge in [-0.25, -0.2) is 17.2 Å². The van der Waals surface area contributed by atoms with Crippen LogP contribution in [0.5, 0.6) is 0 Å². The van der Waals surface area contributed by atoms with E-state index in [4.69, 9.17) is 10.8 Å². The first-order valence-corrected chi connectivity index (χ1v) is 7.64. The largest absolute Gasteiger partial charge is 0.395 e. The zero-order valence-electron chi connectivity index (χ0n) is 11.1. The van der Waals surface area contributed by atoms with Crippen LogP contribution in [0, 0.1) is 11.6 Å². The van der Waals surface area contributed by atoms with Gasteiger partial charge in [0.1, 0.15) is 16.4 Å². The van der Waals surface area contributed by atoms with Gasteiger partial charge in [0.15, 0.2) is 5.82 Å². The fourth-order valence-electron chi connectivity index (χ4n) is 1.69. The Hall–Kier alpha value is -1.25. The van der Waals surface area contributed by atoms with Crippen molar-refractivity contribution in [3.05, 3.63) is 23.8 Å². The number of halogens is 2. The molecule has 8 heteroatoms. The second kappa shape index (κ2) is 6.96. The van der Waals surface area contributed by atoms with Crippen LogP contribution in [0.2, 0.25) is 0 Å². The molecule has 0 aromatic heterocycles. The van der Waals surface area contributed by atoms with Gasteiger partial charge in [-0.3, -0.25) is 0 Å². The summed E-state index contributed by atoms with van der Waals surface area (Å²) < 4.78 is 52.5. The molecule has 0 radical (unpaired) electrons. The van der Waals surface area contributed by atoms with E-state index in [0.29, 0.717) is 6.42 Å². The summed E-state index contributed by atoms with van der Waals surface area (Å²) >= 11 is 0. The van der Waals surface area contributed by atoms with Crippen molar-refractivity contribution >= 4 is 15.7 Å². The molecule has 0 aliphatic rings. The van der Waals surface area contributed by atoms with Gasteiger partial charge in [0, 0.05) is 13.1 Å². The highest BCUT2D eigenvalue weighted by atomic mass is 32.2. The number of unbranched alkanes of at least 4 members (excludes halogenated alkanes) is 1. The summed E-state index contributed by atoms with van der Waals surface area (Å²) in [5.41, 5.74) is 4.34. The summed E-state index contributed by atoms with van der Waals surface area (Å²) in [6.45, 7) is 1.48. The maximum atomic E-state index is 13.8. The lowest BCUT2D eigenvalue weighted by Gasteiger charge is -2.21. The number of nitrogen functional groups attached to an aromatic ring is 1. The zero-order valence-corrected chi connectivity index (χ0v) is 12.0. The molecule has 0 aliphatic carbocycles. The van der Waals surface area contributed by atoms with Gasteiger partial charge in [0.05, 0.1) is 6.61 Å². The Balaban J connectivity index is 3.22. The number of nitrogens with two attached hydrogens (primary N) is 1. The lowest BCUT2D eigenvalue weighted by molar-refractivity contribution is 0.252. The SMILES string of the molecule is CCCCN(CCO)S(=O)(=O)c1ccc(F)c(N)c1F. The summed E-state index contributed by atoms with van der Waals surface area (Å²) in [6, 6.07) is 1.65. The Morgan fingerprint density at radius 2 is 1.95 bits per heavy atom. The smallest absolute Gasteiger partial charge is 0.246 e. The summed E-state index contributed by atoms with van der Waals surface area (Å²) in [7, 11) is -4.15. The number of hydrogen-bond donors (Lipinski definition) is 2. The fraction of sp³-hybridized carbons (Fsp3) is 0.500. The Morgan fingerprint density at radius 3 is 2.50 bits per heavy atom. The molecule has 0 heterocycles. The van der Waals surface area contributed by atoms with Crippen LogP contribution in [0.4, 0.5) is 14.5 Å².